The van der Waals surface area contributed by atoms with Crippen LogP contribution in [0.25, 0.3) is 0 Å². The van der Waals surface area contributed by atoms with Crippen LogP contribution in [0, 0.1) is 5.82 Å². The van der Waals surface area contributed by atoms with Gasteiger partial charge in [-0.25, -0.2) is 14.0 Å². The van der Waals surface area contributed by atoms with Crippen LogP contribution >= 0.6 is 0 Å². The lowest BCUT2D eigenvalue weighted by atomic mass is 9.94. The van der Waals surface area contributed by atoms with E-state index < -0.39 is 53.7 Å². The first kappa shape index (κ1) is 23.1. The van der Waals surface area contributed by atoms with Crippen molar-refractivity contribution in [3.05, 3.63) is 35.6 Å². The van der Waals surface area contributed by atoms with Gasteiger partial charge in [0.2, 0.25) is 5.60 Å². The first-order valence-electron chi connectivity index (χ1n) is 8.76. The summed E-state index contributed by atoms with van der Waals surface area (Å²) >= 11 is 0. The van der Waals surface area contributed by atoms with E-state index in [9.17, 15) is 23.6 Å². The highest BCUT2D eigenvalue weighted by Crippen LogP contribution is 2.27. The molecule has 0 fully saturated rings. The van der Waals surface area contributed by atoms with E-state index in [1.807, 2.05) is 0 Å². The molecule has 28 heavy (non-hydrogen) atoms. The highest BCUT2D eigenvalue weighted by Gasteiger charge is 2.49. The molecule has 1 aromatic carbocycles. The minimum Gasteiger partial charge on any atom is -0.466 e. The Hall–Kier alpha value is -2.97. The molecule has 0 aliphatic rings. The van der Waals surface area contributed by atoms with E-state index >= 15 is 0 Å². The van der Waals surface area contributed by atoms with Crippen LogP contribution in [0.4, 0.5) is 4.39 Å². The second-order valence-corrected chi connectivity index (χ2v) is 5.55. The Morgan fingerprint density at radius 2 is 1.36 bits per heavy atom. The van der Waals surface area contributed by atoms with Crippen molar-refractivity contribution in [3.8, 4) is 0 Å². The van der Waals surface area contributed by atoms with Gasteiger partial charge in [0.1, 0.15) is 5.82 Å². The van der Waals surface area contributed by atoms with Gasteiger partial charge in [-0.2, -0.15) is 0 Å². The summed E-state index contributed by atoms with van der Waals surface area (Å²) in [5, 5.41) is 0. The van der Waals surface area contributed by atoms with Crippen LogP contribution in [0.15, 0.2) is 24.3 Å². The third kappa shape index (κ3) is 6.33. The van der Waals surface area contributed by atoms with Crippen LogP contribution in [0.1, 0.15) is 44.0 Å². The Morgan fingerprint density at radius 1 is 0.857 bits per heavy atom. The van der Waals surface area contributed by atoms with Crippen LogP contribution in [-0.2, 0) is 33.3 Å². The van der Waals surface area contributed by atoms with Gasteiger partial charge < -0.3 is 18.9 Å². The molecule has 0 aliphatic heterocycles. The lowest BCUT2D eigenvalue weighted by molar-refractivity contribution is -0.178. The molecule has 1 rings (SSSR count). The second-order valence-electron chi connectivity index (χ2n) is 5.55. The molecule has 0 radical (unpaired) electrons. The molecule has 0 bridgehead atoms. The molecule has 154 valence electrons. The zero-order chi connectivity index (χ0) is 21.2. The lowest BCUT2D eigenvalue weighted by Crippen LogP contribution is -2.48. The van der Waals surface area contributed by atoms with Gasteiger partial charge in [-0.1, -0.05) is 12.1 Å². The molecule has 0 aliphatic carbocycles. The summed E-state index contributed by atoms with van der Waals surface area (Å²) in [5.41, 5.74) is -2.82. The summed E-state index contributed by atoms with van der Waals surface area (Å²) in [5.74, 6) is -5.07. The van der Waals surface area contributed by atoms with Crippen molar-refractivity contribution in [2.45, 2.75) is 39.2 Å². The van der Waals surface area contributed by atoms with E-state index in [1.54, 1.807) is 13.8 Å². The van der Waals surface area contributed by atoms with E-state index in [0.29, 0.717) is 0 Å². The molecular formula is C19H23FO8. The predicted molar refractivity (Wildman–Crippen MR) is 93.7 cm³/mol. The number of hydrogen-bond donors (Lipinski definition) is 0. The van der Waals surface area contributed by atoms with E-state index in [2.05, 4.69) is 0 Å². The van der Waals surface area contributed by atoms with E-state index in [4.69, 9.17) is 18.9 Å². The van der Waals surface area contributed by atoms with Crippen molar-refractivity contribution < 1.29 is 42.5 Å². The molecule has 0 spiro atoms. The maximum Gasteiger partial charge on any atom is 0.351 e. The second kappa shape index (κ2) is 11.0. The van der Waals surface area contributed by atoms with Gasteiger partial charge in [0.15, 0.2) is 0 Å². The van der Waals surface area contributed by atoms with E-state index in [-0.39, 0.29) is 19.8 Å². The fourth-order valence-electron chi connectivity index (χ4n) is 2.33. The SMILES string of the molecule is CCOC(=O)CC(CC(=O)OCC)(OC(=O)c1ccccc1F)C(=O)OCC. The van der Waals surface area contributed by atoms with Crippen molar-refractivity contribution in [3.63, 3.8) is 0 Å². The third-order valence-electron chi connectivity index (χ3n) is 3.50. The summed E-state index contributed by atoms with van der Waals surface area (Å²) in [6, 6.07) is 4.92. The molecule has 0 aromatic heterocycles. The molecule has 0 heterocycles. The average Bonchev–Trinajstić information content (AvgIpc) is 2.62. The van der Waals surface area contributed by atoms with Gasteiger partial charge in [0.25, 0.3) is 0 Å². The number of esters is 4. The fraction of sp³-hybridized carbons (Fsp3) is 0.474. The van der Waals surface area contributed by atoms with E-state index in [0.717, 1.165) is 12.1 Å². The molecule has 1 aromatic rings. The normalized spacial score (nSPS) is 10.7. The highest BCUT2D eigenvalue weighted by molar-refractivity contribution is 5.96. The summed E-state index contributed by atoms with van der Waals surface area (Å²) in [6.07, 6.45) is -1.59. The van der Waals surface area contributed by atoms with Crippen molar-refractivity contribution in [2.75, 3.05) is 19.8 Å². The highest BCUT2D eigenvalue weighted by atomic mass is 19.1. The molecule has 0 atom stereocenters. The molecule has 0 amide bonds. The minimum atomic E-state index is -2.35. The van der Waals surface area contributed by atoms with Crippen LogP contribution in [0.3, 0.4) is 0 Å². The van der Waals surface area contributed by atoms with Gasteiger partial charge >= 0.3 is 23.9 Å². The number of carbonyl (C=O) groups excluding carboxylic acids is 4. The third-order valence-corrected chi connectivity index (χ3v) is 3.50. The van der Waals surface area contributed by atoms with Gasteiger partial charge in [-0.05, 0) is 32.9 Å². The van der Waals surface area contributed by atoms with Crippen molar-refractivity contribution in [1.29, 1.82) is 0 Å². The first-order chi connectivity index (χ1) is 13.3. The largest absolute Gasteiger partial charge is 0.466 e. The molecule has 9 heteroatoms. The maximum atomic E-state index is 13.9. The number of carbonyl (C=O) groups is 4. The van der Waals surface area contributed by atoms with Crippen molar-refractivity contribution >= 4 is 23.9 Å². The molecule has 0 saturated heterocycles. The summed E-state index contributed by atoms with van der Waals surface area (Å²) in [7, 11) is 0. The van der Waals surface area contributed by atoms with Crippen LogP contribution in [0.2, 0.25) is 0 Å². The summed E-state index contributed by atoms with van der Waals surface area (Å²) in [4.78, 5) is 49.2. The number of hydrogen-bond acceptors (Lipinski definition) is 8. The van der Waals surface area contributed by atoms with Gasteiger partial charge in [-0.3, -0.25) is 9.59 Å². The minimum absolute atomic E-state index is 0.00158. The van der Waals surface area contributed by atoms with Gasteiger partial charge in [-0.15, -0.1) is 0 Å². The summed E-state index contributed by atoms with van der Waals surface area (Å²) in [6.45, 7) is 4.47. The van der Waals surface area contributed by atoms with Crippen LogP contribution < -0.4 is 0 Å². The van der Waals surface area contributed by atoms with Gasteiger partial charge in [0.05, 0.1) is 38.2 Å². The Labute approximate surface area is 161 Å². The zero-order valence-electron chi connectivity index (χ0n) is 16.0. The van der Waals surface area contributed by atoms with Crippen molar-refractivity contribution in [2.24, 2.45) is 0 Å². The monoisotopic (exact) mass is 398 g/mol. The average molecular weight is 398 g/mol. The Bertz CT molecular complexity index is 696. The predicted octanol–water partition coefficient (Wildman–Crippen LogP) is 2.19. The first-order valence-corrected chi connectivity index (χ1v) is 8.76. The number of ether oxygens (including phenoxy) is 4. The Morgan fingerprint density at radius 3 is 1.82 bits per heavy atom. The smallest absolute Gasteiger partial charge is 0.351 e. The van der Waals surface area contributed by atoms with Gasteiger partial charge in [0, 0.05) is 0 Å². The quantitative estimate of drug-likeness (QED) is 0.436. The number of benzene rings is 1. The Kier molecular flexibility index (Phi) is 9.07. The molecule has 0 N–H and O–H groups in total. The fourth-order valence-corrected chi connectivity index (χ4v) is 2.33. The molecule has 0 saturated carbocycles. The molecular weight excluding hydrogens is 375 g/mol. The molecule has 8 nitrogen and oxygen atoms in total. The standard InChI is InChI=1S/C19H23FO8/c1-4-25-15(21)11-19(18(24)27-6-3,12-16(22)26-5-2)28-17(23)13-9-7-8-10-14(13)20/h7-10H,4-6,11-12H2,1-3H3. The van der Waals surface area contributed by atoms with Crippen LogP contribution in [0.5, 0.6) is 0 Å². The summed E-state index contributed by atoms with van der Waals surface area (Å²) < 4.78 is 33.7. The number of rotatable bonds is 10. The maximum absolute atomic E-state index is 13.9. The van der Waals surface area contributed by atoms with Crippen LogP contribution in [-0.4, -0.2) is 49.3 Å². The Balaban J connectivity index is 3.32. The zero-order valence-corrected chi connectivity index (χ0v) is 16.0. The van der Waals surface area contributed by atoms with Crippen molar-refractivity contribution in [1.82, 2.24) is 0 Å². The van der Waals surface area contributed by atoms with E-state index in [1.165, 1.54) is 19.1 Å². The lowest BCUT2D eigenvalue weighted by Gasteiger charge is -2.29. The number of halogens is 1. The molecule has 0 unspecified atom stereocenters. The topological polar surface area (TPSA) is 105 Å².